The number of H-pyrrole nitrogens is 1. The monoisotopic (exact) mass is 295 g/mol. The third-order valence-corrected chi connectivity index (χ3v) is 4.97. The molecule has 19 heavy (non-hydrogen) atoms. The van der Waals surface area contributed by atoms with Gasteiger partial charge in [0.25, 0.3) is 0 Å². The average molecular weight is 295 g/mol. The van der Waals surface area contributed by atoms with Crippen molar-refractivity contribution >= 4 is 28.7 Å². The molecule has 0 amide bonds. The Morgan fingerprint density at radius 3 is 2.79 bits per heavy atom. The van der Waals surface area contributed by atoms with Crippen molar-refractivity contribution in [3.05, 3.63) is 10.5 Å². The van der Waals surface area contributed by atoms with Gasteiger partial charge in [0.1, 0.15) is 0 Å². The molecule has 1 N–H and O–H groups in total. The normalized spacial score (nSPS) is 15.4. The largest absolute Gasteiger partial charge is 0.348 e. The van der Waals surface area contributed by atoms with Gasteiger partial charge in [-0.3, -0.25) is 9.67 Å². The summed E-state index contributed by atoms with van der Waals surface area (Å²) in [5.74, 6) is 0.910. The van der Waals surface area contributed by atoms with Crippen molar-refractivity contribution in [3.63, 3.8) is 0 Å². The maximum Gasteiger partial charge on any atom is 0.195 e. The van der Waals surface area contributed by atoms with E-state index in [2.05, 4.69) is 22.0 Å². The lowest BCUT2D eigenvalue weighted by Gasteiger charge is -2.12. The summed E-state index contributed by atoms with van der Waals surface area (Å²) < 4.78 is 2.69. The third-order valence-electron chi connectivity index (χ3n) is 3.44. The Hall–Kier alpha value is -1.21. The van der Waals surface area contributed by atoms with Crippen molar-refractivity contribution in [1.29, 1.82) is 0 Å². The zero-order chi connectivity index (χ0) is 13.4. The number of nitrogens with zero attached hydrogens (tertiary/aromatic N) is 4. The SMILES string of the molecule is CCn1c(-c2sc(N3CCCC3)nc2C)n[nH]c1=S. The maximum absolute atomic E-state index is 5.25. The van der Waals surface area contributed by atoms with Gasteiger partial charge < -0.3 is 4.90 Å². The van der Waals surface area contributed by atoms with E-state index in [4.69, 9.17) is 17.2 Å². The number of hydrogen-bond acceptors (Lipinski definition) is 5. The molecule has 0 spiro atoms. The third kappa shape index (κ3) is 2.21. The van der Waals surface area contributed by atoms with Crippen molar-refractivity contribution in [1.82, 2.24) is 19.7 Å². The highest BCUT2D eigenvalue weighted by Gasteiger charge is 2.20. The molecule has 1 fully saturated rings. The first-order valence-electron chi connectivity index (χ1n) is 6.58. The number of rotatable bonds is 3. The summed E-state index contributed by atoms with van der Waals surface area (Å²) in [4.78, 5) is 8.18. The van der Waals surface area contributed by atoms with Gasteiger partial charge in [-0.05, 0) is 38.9 Å². The average Bonchev–Trinajstić information content (AvgIpc) is 3.08. The van der Waals surface area contributed by atoms with E-state index in [-0.39, 0.29) is 0 Å². The molecule has 2 aromatic heterocycles. The number of hydrogen-bond donors (Lipinski definition) is 1. The van der Waals surface area contributed by atoms with Crippen LogP contribution >= 0.6 is 23.6 Å². The lowest BCUT2D eigenvalue weighted by molar-refractivity contribution is 0.756. The smallest absolute Gasteiger partial charge is 0.195 e. The highest BCUT2D eigenvalue weighted by Crippen LogP contribution is 2.34. The molecule has 0 aliphatic carbocycles. The van der Waals surface area contributed by atoms with Crippen molar-refractivity contribution in [2.75, 3.05) is 18.0 Å². The van der Waals surface area contributed by atoms with Crippen LogP contribution in [0.4, 0.5) is 5.13 Å². The van der Waals surface area contributed by atoms with Crippen LogP contribution in [0.15, 0.2) is 0 Å². The van der Waals surface area contributed by atoms with Crippen molar-refractivity contribution in [2.45, 2.75) is 33.2 Å². The fourth-order valence-corrected chi connectivity index (χ4v) is 3.80. The van der Waals surface area contributed by atoms with Gasteiger partial charge >= 0.3 is 0 Å². The number of aromatic nitrogens is 4. The van der Waals surface area contributed by atoms with Crippen LogP contribution in [0.25, 0.3) is 10.7 Å². The summed E-state index contributed by atoms with van der Waals surface area (Å²) in [5.41, 5.74) is 1.04. The van der Waals surface area contributed by atoms with E-state index in [1.54, 1.807) is 11.3 Å². The molecule has 1 saturated heterocycles. The van der Waals surface area contributed by atoms with E-state index in [1.165, 1.54) is 12.8 Å². The molecule has 3 heterocycles. The molecule has 7 heteroatoms. The van der Waals surface area contributed by atoms with Gasteiger partial charge in [-0.25, -0.2) is 4.98 Å². The summed E-state index contributed by atoms with van der Waals surface area (Å²) in [7, 11) is 0. The zero-order valence-electron chi connectivity index (χ0n) is 11.1. The molecule has 0 aromatic carbocycles. The van der Waals surface area contributed by atoms with Gasteiger partial charge in [0.2, 0.25) is 0 Å². The van der Waals surface area contributed by atoms with E-state index in [0.29, 0.717) is 4.77 Å². The Balaban J connectivity index is 2.02. The van der Waals surface area contributed by atoms with Crippen LogP contribution < -0.4 is 4.90 Å². The summed E-state index contributed by atoms with van der Waals surface area (Å²) in [6.07, 6.45) is 2.53. The predicted octanol–water partition coefficient (Wildman–Crippen LogP) is 2.99. The standard InChI is InChI=1S/C12H17N5S2/c1-3-17-10(14-15-11(17)18)9-8(2)13-12(19-9)16-6-4-5-7-16/h3-7H2,1-2H3,(H,15,18). The number of anilines is 1. The van der Waals surface area contributed by atoms with Crippen LogP contribution in [-0.4, -0.2) is 32.8 Å². The molecule has 0 bridgehead atoms. The number of aromatic amines is 1. The minimum atomic E-state index is 0.674. The van der Waals surface area contributed by atoms with Crippen LogP contribution in [0.2, 0.25) is 0 Å². The van der Waals surface area contributed by atoms with Crippen LogP contribution in [-0.2, 0) is 6.54 Å². The molecule has 0 unspecified atom stereocenters. The highest BCUT2D eigenvalue weighted by molar-refractivity contribution is 7.71. The first kappa shape index (κ1) is 12.8. The molecule has 102 valence electrons. The van der Waals surface area contributed by atoms with E-state index < -0.39 is 0 Å². The van der Waals surface area contributed by atoms with E-state index in [0.717, 1.165) is 41.2 Å². The molecule has 2 aromatic rings. The first-order chi connectivity index (χ1) is 9.20. The molecule has 1 aliphatic heterocycles. The lowest BCUT2D eigenvalue weighted by atomic mass is 10.4. The maximum atomic E-state index is 5.25. The lowest BCUT2D eigenvalue weighted by Crippen LogP contribution is -2.17. The van der Waals surface area contributed by atoms with Crippen molar-refractivity contribution in [3.8, 4) is 10.7 Å². The number of aryl methyl sites for hydroxylation is 1. The molecule has 1 aliphatic rings. The van der Waals surface area contributed by atoms with Crippen LogP contribution in [0.3, 0.4) is 0 Å². The molecular weight excluding hydrogens is 278 g/mol. The summed E-state index contributed by atoms with van der Waals surface area (Å²) in [5, 5.41) is 8.34. The van der Waals surface area contributed by atoms with Crippen LogP contribution in [0.1, 0.15) is 25.5 Å². The van der Waals surface area contributed by atoms with Gasteiger partial charge in [-0.2, -0.15) is 5.10 Å². The van der Waals surface area contributed by atoms with Gasteiger partial charge in [0.05, 0.1) is 10.6 Å². The molecule has 3 rings (SSSR count). The molecular formula is C12H17N5S2. The quantitative estimate of drug-likeness (QED) is 0.884. The summed E-state index contributed by atoms with van der Waals surface area (Å²) in [6.45, 7) is 7.18. The second-order valence-electron chi connectivity index (χ2n) is 4.70. The summed E-state index contributed by atoms with van der Waals surface area (Å²) >= 11 is 6.97. The second-order valence-corrected chi connectivity index (χ2v) is 6.07. The molecule has 0 radical (unpaired) electrons. The Morgan fingerprint density at radius 2 is 2.11 bits per heavy atom. The van der Waals surface area contributed by atoms with Crippen LogP contribution in [0.5, 0.6) is 0 Å². The van der Waals surface area contributed by atoms with Crippen molar-refractivity contribution < 1.29 is 0 Å². The van der Waals surface area contributed by atoms with Crippen LogP contribution in [0, 0.1) is 11.7 Å². The number of nitrogens with one attached hydrogen (secondary N) is 1. The highest BCUT2D eigenvalue weighted by atomic mass is 32.1. The predicted molar refractivity (Wildman–Crippen MR) is 80.4 cm³/mol. The molecule has 0 saturated carbocycles. The fourth-order valence-electron chi connectivity index (χ4n) is 2.42. The summed E-state index contributed by atoms with van der Waals surface area (Å²) in [6, 6.07) is 0. The Morgan fingerprint density at radius 1 is 1.37 bits per heavy atom. The van der Waals surface area contributed by atoms with E-state index in [1.807, 2.05) is 11.5 Å². The molecule has 5 nitrogen and oxygen atoms in total. The second kappa shape index (κ2) is 5.05. The minimum absolute atomic E-state index is 0.674. The van der Waals surface area contributed by atoms with Gasteiger partial charge in [-0.15, -0.1) is 0 Å². The van der Waals surface area contributed by atoms with Gasteiger partial charge in [0.15, 0.2) is 15.7 Å². The fraction of sp³-hybridized carbons (Fsp3) is 0.583. The van der Waals surface area contributed by atoms with E-state index >= 15 is 0 Å². The first-order valence-corrected chi connectivity index (χ1v) is 7.81. The Labute approximate surface area is 121 Å². The Bertz CT molecular complexity index is 633. The Kier molecular flexibility index (Phi) is 3.40. The van der Waals surface area contributed by atoms with Gasteiger partial charge in [-0.1, -0.05) is 11.3 Å². The number of thiazole rings is 1. The topological polar surface area (TPSA) is 49.7 Å². The van der Waals surface area contributed by atoms with Crippen molar-refractivity contribution in [2.24, 2.45) is 0 Å². The van der Waals surface area contributed by atoms with E-state index in [9.17, 15) is 0 Å². The molecule has 0 atom stereocenters. The van der Waals surface area contributed by atoms with Gasteiger partial charge in [0, 0.05) is 19.6 Å². The zero-order valence-corrected chi connectivity index (χ0v) is 12.8. The minimum Gasteiger partial charge on any atom is -0.348 e.